The molecule has 1 aliphatic rings. The Morgan fingerprint density at radius 1 is 1.09 bits per heavy atom. The molecule has 0 unspecified atom stereocenters. The topological polar surface area (TPSA) is 137 Å². The van der Waals surface area contributed by atoms with Gasteiger partial charge in [-0.3, -0.25) is 14.4 Å². The quantitative estimate of drug-likeness (QED) is 0.371. The Morgan fingerprint density at radius 3 is 2.54 bits per heavy atom. The standard InChI is InChI=1S/C24H24N4O6S/c1-15-13-16(7-9-20(15)28-12-11-25-24(28)31)23(30)26-19-14-17(8-10-21(19)29)35(32,33)27-18-5-3-4-6-22(18)34-2/h3-10,13-14,27,29H,11-12H2,1-2H3,(H,25,31)(H,26,30). The second-order valence-corrected chi connectivity index (χ2v) is 9.51. The molecule has 3 amide bonds. The number of nitrogens with one attached hydrogen (secondary N) is 3. The predicted molar refractivity (Wildman–Crippen MR) is 132 cm³/mol. The molecule has 0 atom stereocenters. The van der Waals surface area contributed by atoms with Crippen LogP contribution in [0, 0.1) is 6.92 Å². The van der Waals surface area contributed by atoms with E-state index in [0.29, 0.717) is 24.5 Å². The summed E-state index contributed by atoms with van der Waals surface area (Å²) in [6, 6.07) is 14.8. The maximum Gasteiger partial charge on any atom is 0.322 e. The summed E-state index contributed by atoms with van der Waals surface area (Å²) >= 11 is 0. The van der Waals surface area contributed by atoms with E-state index >= 15 is 0 Å². The molecule has 10 nitrogen and oxygen atoms in total. The van der Waals surface area contributed by atoms with Gasteiger partial charge in [0.1, 0.15) is 11.5 Å². The molecule has 0 spiro atoms. The van der Waals surface area contributed by atoms with E-state index in [1.165, 1.54) is 25.3 Å². The molecule has 182 valence electrons. The first-order valence-corrected chi connectivity index (χ1v) is 12.1. The molecule has 1 fully saturated rings. The number of methoxy groups -OCH3 is 1. The van der Waals surface area contributed by atoms with Gasteiger partial charge in [0.15, 0.2) is 0 Å². The fraction of sp³-hybridized carbons (Fsp3) is 0.167. The molecule has 0 bridgehead atoms. The minimum absolute atomic E-state index is 0.0708. The summed E-state index contributed by atoms with van der Waals surface area (Å²) in [5.41, 5.74) is 1.87. The number of nitrogens with zero attached hydrogens (tertiary/aromatic N) is 1. The van der Waals surface area contributed by atoms with Gasteiger partial charge in [0, 0.05) is 24.3 Å². The number of hydrogen-bond acceptors (Lipinski definition) is 6. The first-order chi connectivity index (χ1) is 16.7. The van der Waals surface area contributed by atoms with Crippen LogP contribution in [0.1, 0.15) is 15.9 Å². The lowest BCUT2D eigenvalue weighted by Crippen LogP contribution is -2.28. The van der Waals surface area contributed by atoms with Gasteiger partial charge in [-0.1, -0.05) is 12.1 Å². The Morgan fingerprint density at radius 2 is 1.86 bits per heavy atom. The number of ether oxygens (including phenoxy) is 1. The van der Waals surface area contributed by atoms with Gasteiger partial charge in [0.2, 0.25) is 0 Å². The van der Waals surface area contributed by atoms with Crippen molar-refractivity contribution in [3.63, 3.8) is 0 Å². The van der Waals surface area contributed by atoms with Crippen molar-refractivity contribution < 1.29 is 27.9 Å². The highest BCUT2D eigenvalue weighted by Gasteiger charge is 2.23. The van der Waals surface area contributed by atoms with Crippen molar-refractivity contribution in [3.8, 4) is 11.5 Å². The maximum atomic E-state index is 12.9. The Kier molecular flexibility index (Phi) is 6.52. The molecule has 4 N–H and O–H groups in total. The van der Waals surface area contributed by atoms with Gasteiger partial charge in [0.05, 0.1) is 23.4 Å². The molecule has 0 aliphatic carbocycles. The molecule has 3 aromatic carbocycles. The second-order valence-electron chi connectivity index (χ2n) is 7.82. The average Bonchev–Trinajstić information content (AvgIpc) is 3.25. The van der Waals surface area contributed by atoms with Gasteiger partial charge in [-0.05, 0) is 61.0 Å². The van der Waals surface area contributed by atoms with Crippen LogP contribution in [0.2, 0.25) is 0 Å². The molecule has 3 aromatic rings. The zero-order valence-electron chi connectivity index (χ0n) is 19.0. The van der Waals surface area contributed by atoms with Crippen LogP contribution in [0.15, 0.2) is 65.6 Å². The van der Waals surface area contributed by atoms with Gasteiger partial charge in [-0.15, -0.1) is 0 Å². The third-order valence-electron chi connectivity index (χ3n) is 5.48. The number of carbonyl (C=O) groups is 2. The molecule has 0 saturated carbocycles. The number of anilines is 3. The summed E-state index contributed by atoms with van der Waals surface area (Å²) in [6.45, 7) is 2.86. The Hall–Kier alpha value is -4.25. The lowest BCUT2D eigenvalue weighted by molar-refractivity contribution is 0.102. The van der Waals surface area contributed by atoms with E-state index < -0.39 is 15.9 Å². The monoisotopic (exact) mass is 496 g/mol. The zero-order chi connectivity index (χ0) is 25.2. The fourth-order valence-corrected chi connectivity index (χ4v) is 4.81. The van der Waals surface area contributed by atoms with E-state index in [4.69, 9.17) is 4.74 Å². The minimum atomic E-state index is -4.05. The van der Waals surface area contributed by atoms with Crippen LogP contribution < -0.4 is 25.0 Å². The molecule has 0 radical (unpaired) electrons. The van der Waals surface area contributed by atoms with Crippen LogP contribution in [0.5, 0.6) is 11.5 Å². The smallest absolute Gasteiger partial charge is 0.322 e. The van der Waals surface area contributed by atoms with E-state index in [1.807, 2.05) is 0 Å². The number of rotatable bonds is 7. The molecule has 1 aliphatic heterocycles. The normalized spacial score (nSPS) is 13.3. The van der Waals surface area contributed by atoms with Crippen LogP contribution in [-0.4, -0.2) is 45.7 Å². The summed E-state index contributed by atoms with van der Waals surface area (Å²) < 4.78 is 33.5. The summed E-state index contributed by atoms with van der Waals surface area (Å²) in [6.07, 6.45) is 0. The van der Waals surface area contributed by atoms with Crippen LogP contribution >= 0.6 is 0 Å². The highest BCUT2D eigenvalue weighted by molar-refractivity contribution is 7.92. The molecule has 11 heteroatoms. The zero-order valence-corrected chi connectivity index (χ0v) is 19.8. The van der Waals surface area contributed by atoms with Crippen molar-refractivity contribution in [1.82, 2.24) is 5.32 Å². The summed E-state index contributed by atoms with van der Waals surface area (Å²) in [5, 5.41) is 15.5. The van der Waals surface area contributed by atoms with Gasteiger partial charge < -0.3 is 20.5 Å². The van der Waals surface area contributed by atoms with Gasteiger partial charge >= 0.3 is 6.03 Å². The van der Waals surface area contributed by atoms with Crippen molar-refractivity contribution in [2.45, 2.75) is 11.8 Å². The molecular formula is C24H24N4O6S. The van der Waals surface area contributed by atoms with Crippen molar-refractivity contribution in [1.29, 1.82) is 0 Å². The Labute approximate surface area is 202 Å². The summed E-state index contributed by atoms with van der Waals surface area (Å²) in [4.78, 5) is 26.2. The van der Waals surface area contributed by atoms with Crippen molar-refractivity contribution in [2.75, 3.05) is 35.1 Å². The summed E-state index contributed by atoms with van der Waals surface area (Å²) in [5.74, 6) is -0.502. The minimum Gasteiger partial charge on any atom is -0.506 e. The fourth-order valence-electron chi connectivity index (χ4n) is 3.71. The lowest BCUT2D eigenvalue weighted by Gasteiger charge is -2.18. The molecule has 0 aromatic heterocycles. The van der Waals surface area contributed by atoms with E-state index in [0.717, 1.165) is 5.56 Å². The van der Waals surface area contributed by atoms with Crippen LogP contribution in [0.25, 0.3) is 0 Å². The first kappa shape index (κ1) is 23.9. The highest BCUT2D eigenvalue weighted by Crippen LogP contribution is 2.31. The molecule has 1 saturated heterocycles. The molecule has 1 heterocycles. The number of aromatic hydroxyl groups is 1. The van der Waals surface area contributed by atoms with E-state index in [9.17, 15) is 23.1 Å². The SMILES string of the molecule is COc1ccccc1NS(=O)(=O)c1ccc(O)c(NC(=O)c2ccc(N3CCNC3=O)c(C)c2)c1. The third-order valence-corrected chi connectivity index (χ3v) is 6.85. The van der Waals surface area contributed by atoms with Crippen LogP contribution in [-0.2, 0) is 10.0 Å². The highest BCUT2D eigenvalue weighted by atomic mass is 32.2. The van der Waals surface area contributed by atoms with Crippen molar-refractivity contribution in [2.24, 2.45) is 0 Å². The van der Waals surface area contributed by atoms with Gasteiger partial charge in [-0.25, -0.2) is 13.2 Å². The van der Waals surface area contributed by atoms with Gasteiger partial charge in [-0.2, -0.15) is 0 Å². The lowest BCUT2D eigenvalue weighted by atomic mass is 10.1. The number of urea groups is 1. The average molecular weight is 497 g/mol. The van der Waals surface area contributed by atoms with Crippen molar-refractivity contribution >= 4 is 39.0 Å². The van der Waals surface area contributed by atoms with Gasteiger partial charge in [0.25, 0.3) is 15.9 Å². The summed E-state index contributed by atoms with van der Waals surface area (Å²) in [7, 11) is -2.62. The number of carbonyl (C=O) groups excluding carboxylic acids is 2. The van der Waals surface area contributed by atoms with Crippen molar-refractivity contribution in [3.05, 3.63) is 71.8 Å². The van der Waals surface area contributed by atoms with Crippen LogP contribution in [0.4, 0.5) is 21.9 Å². The number of phenols is 1. The second kappa shape index (κ2) is 9.55. The Balaban J connectivity index is 1.56. The number of phenolic OH excluding ortho intramolecular Hbond substituents is 1. The van der Waals surface area contributed by atoms with E-state index in [2.05, 4.69) is 15.4 Å². The third kappa shape index (κ3) is 4.99. The number of para-hydroxylation sites is 2. The molecule has 4 rings (SSSR count). The number of benzene rings is 3. The van der Waals surface area contributed by atoms with E-state index in [1.54, 1.807) is 54.3 Å². The van der Waals surface area contributed by atoms with E-state index in [-0.39, 0.29) is 33.6 Å². The Bertz CT molecular complexity index is 1410. The largest absolute Gasteiger partial charge is 0.506 e. The first-order valence-electron chi connectivity index (χ1n) is 10.7. The molecular weight excluding hydrogens is 472 g/mol. The number of amides is 3. The maximum absolute atomic E-state index is 12.9. The predicted octanol–water partition coefficient (Wildman–Crippen LogP) is 3.29. The number of sulfonamides is 1. The molecule has 35 heavy (non-hydrogen) atoms. The number of hydrogen-bond donors (Lipinski definition) is 4. The van der Waals surface area contributed by atoms with Crippen LogP contribution in [0.3, 0.4) is 0 Å². The number of aryl methyl sites for hydroxylation is 1.